The van der Waals surface area contributed by atoms with Gasteiger partial charge in [-0.05, 0) is 19.9 Å². The summed E-state index contributed by atoms with van der Waals surface area (Å²) in [5.74, 6) is 0.213. The van der Waals surface area contributed by atoms with E-state index in [4.69, 9.17) is 9.69 Å². The lowest BCUT2D eigenvalue weighted by atomic mass is 9.79. The van der Waals surface area contributed by atoms with Crippen LogP contribution in [0.25, 0.3) is 0 Å². The van der Waals surface area contributed by atoms with Gasteiger partial charge in [-0.1, -0.05) is 0 Å². The third-order valence-electron chi connectivity index (χ3n) is 2.11. The Labute approximate surface area is 78.0 Å². The standard InChI is InChI=1S/C8H12BN2O2/c1-6(2)11-8(3-4-10-11)7-5-12-13-9-7/h3-4,6-7H,5H2,1-2H3. The lowest BCUT2D eigenvalue weighted by Crippen LogP contribution is -2.14. The number of aromatic nitrogens is 2. The fraction of sp³-hybridized carbons (Fsp3) is 0.625. The number of hydrogen-bond donors (Lipinski definition) is 0. The van der Waals surface area contributed by atoms with Crippen molar-refractivity contribution in [1.29, 1.82) is 0 Å². The van der Waals surface area contributed by atoms with E-state index in [2.05, 4.69) is 18.9 Å². The molecule has 0 saturated carbocycles. The van der Waals surface area contributed by atoms with Crippen LogP contribution in [0, 0.1) is 0 Å². The highest BCUT2D eigenvalue weighted by atomic mass is 17.2. The van der Waals surface area contributed by atoms with Crippen molar-refractivity contribution in [1.82, 2.24) is 9.78 Å². The molecule has 1 aromatic rings. The molecule has 1 fully saturated rings. The van der Waals surface area contributed by atoms with Gasteiger partial charge in [0.15, 0.2) is 0 Å². The molecule has 0 bridgehead atoms. The van der Waals surface area contributed by atoms with Crippen molar-refractivity contribution in [2.75, 3.05) is 6.61 Å². The van der Waals surface area contributed by atoms with Crippen LogP contribution in [0.1, 0.15) is 31.4 Å². The van der Waals surface area contributed by atoms with Crippen LogP contribution < -0.4 is 0 Å². The summed E-state index contributed by atoms with van der Waals surface area (Å²) in [6, 6.07) is 2.37. The van der Waals surface area contributed by atoms with Crippen molar-refractivity contribution in [3.63, 3.8) is 0 Å². The summed E-state index contributed by atoms with van der Waals surface area (Å²) < 4.78 is 1.99. The number of hydrogen-bond acceptors (Lipinski definition) is 3. The highest BCUT2D eigenvalue weighted by molar-refractivity contribution is 6.30. The van der Waals surface area contributed by atoms with Gasteiger partial charge in [0.2, 0.25) is 0 Å². The quantitative estimate of drug-likeness (QED) is 0.503. The van der Waals surface area contributed by atoms with Gasteiger partial charge >= 0.3 is 7.48 Å². The fourth-order valence-corrected chi connectivity index (χ4v) is 1.46. The predicted octanol–water partition coefficient (Wildman–Crippen LogP) is 1.09. The van der Waals surface area contributed by atoms with E-state index in [1.165, 1.54) is 0 Å². The molecule has 4 nitrogen and oxygen atoms in total. The molecule has 0 aliphatic carbocycles. The van der Waals surface area contributed by atoms with Gasteiger partial charge in [-0.25, -0.2) is 0 Å². The van der Waals surface area contributed by atoms with Crippen LogP contribution in [0.5, 0.6) is 0 Å². The van der Waals surface area contributed by atoms with Crippen LogP contribution in [0.4, 0.5) is 0 Å². The summed E-state index contributed by atoms with van der Waals surface area (Å²) in [4.78, 5) is 9.57. The van der Waals surface area contributed by atoms with E-state index in [1.54, 1.807) is 7.48 Å². The van der Waals surface area contributed by atoms with E-state index in [9.17, 15) is 0 Å². The first kappa shape index (κ1) is 8.78. The minimum Gasteiger partial charge on any atom is -0.310 e. The van der Waals surface area contributed by atoms with Gasteiger partial charge in [0, 0.05) is 23.7 Å². The van der Waals surface area contributed by atoms with Crippen molar-refractivity contribution >= 4 is 7.48 Å². The van der Waals surface area contributed by atoms with Gasteiger partial charge in [0.05, 0.1) is 6.61 Å². The van der Waals surface area contributed by atoms with Crippen molar-refractivity contribution < 1.29 is 9.69 Å². The molecule has 5 heteroatoms. The molecule has 1 radical (unpaired) electrons. The minimum absolute atomic E-state index is 0.213. The Morgan fingerprint density at radius 3 is 3.15 bits per heavy atom. The van der Waals surface area contributed by atoms with E-state index in [1.807, 2.05) is 16.9 Å². The average molecular weight is 179 g/mol. The second-order valence-corrected chi connectivity index (χ2v) is 3.42. The van der Waals surface area contributed by atoms with Crippen molar-refractivity contribution in [3.05, 3.63) is 18.0 Å². The Hall–Kier alpha value is -0.805. The van der Waals surface area contributed by atoms with Gasteiger partial charge in [0.1, 0.15) is 0 Å². The maximum absolute atomic E-state index is 4.82. The molecule has 1 aromatic heterocycles. The van der Waals surface area contributed by atoms with E-state index < -0.39 is 0 Å². The molecular weight excluding hydrogens is 167 g/mol. The minimum atomic E-state index is 0.213. The first-order chi connectivity index (χ1) is 6.29. The van der Waals surface area contributed by atoms with E-state index in [0.29, 0.717) is 12.6 Å². The number of nitrogens with zero attached hydrogens (tertiary/aromatic N) is 2. The summed E-state index contributed by atoms with van der Waals surface area (Å²) in [7, 11) is 1.70. The fourth-order valence-electron chi connectivity index (χ4n) is 1.46. The smallest absolute Gasteiger partial charge is 0.310 e. The van der Waals surface area contributed by atoms with Crippen LogP contribution >= 0.6 is 0 Å². The Morgan fingerprint density at radius 2 is 2.54 bits per heavy atom. The SMILES string of the molecule is CC(C)n1nccc1C1[B]OOC1. The summed E-state index contributed by atoms with van der Waals surface area (Å²) >= 11 is 0. The predicted molar refractivity (Wildman–Crippen MR) is 48.1 cm³/mol. The highest BCUT2D eigenvalue weighted by Crippen LogP contribution is 2.21. The summed E-state index contributed by atoms with van der Waals surface area (Å²) in [6.07, 6.45) is 1.81. The Morgan fingerprint density at radius 1 is 1.69 bits per heavy atom. The highest BCUT2D eigenvalue weighted by Gasteiger charge is 2.25. The first-order valence-corrected chi connectivity index (χ1v) is 4.44. The van der Waals surface area contributed by atoms with Crippen LogP contribution in [-0.4, -0.2) is 23.9 Å². The molecule has 0 amide bonds. The largest absolute Gasteiger partial charge is 0.356 e. The van der Waals surface area contributed by atoms with Gasteiger partial charge in [-0.2, -0.15) is 5.10 Å². The normalized spacial score (nSPS) is 22.2. The van der Waals surface area contributed by atoms with Gasteiger partial charge in [-0.15, -0.1) is 0 Å². The molecule has 1 aliphatic rings. The van der Waals surface area contributed by atoms with E-state index in [0.717, 1.165) is 5.69 Å². The third kappa shape index (κ3) is 1.62. The zero-order valence-corrected chi connectivity index (χ0v) is 7.80. The van der Waals surface area contributed by atoms with E-state index >= 15 is 0 Å². The van der Waals surface area contributed by atoms with Crippen molar-refractivity contribution in [2.45, 2.75) is 25.7 Å². The first-order valence-electron chi connectivity index (χ1n) is 4.44. The van der Waals surface area contributed by atoms with Gasteiger partial charge < -0.3 is 4.81 Å². The molecular formula is C8H12BN2O2. The summed E-state index contributed by atoms with van der Waals surface area (Å²) in [5, 5.41) is 4.25. The molecule has 13 heavy (non-hydrogen) atoms. The monoisotopic (exact) mass is 179 g/mol. The topological polar surface area (TPSA) is 36.3 Å². The molecule has 69 valence electrons. The lowest BCUT2D eigenvalue weighted by Gasteiger charge is -2.12. The summed E-state index contributed by atoms with van der Waals surface area (Å²) in [5.41, 5.74) is 1.15. The van der Waals surface area contributed by atoms with Crippen molar-refractivity contribution in [2.24, 2.45) is 0 Å². The van der Waals surface area contributed by atoms with Gasteiger partial charge in [0.25, 0.3) is 0 Å². The Kier molecular flexibility index (Phi) is 2.37. The van der Waals surface area contributed by atoms with Gasteiger partial charge in [-0.3, -0.25) is 9.57 Å². The Balaban J connectivity index is 2.23. The molecule has 1 unspecified atom stereocenters. The van der Waals surface area contributed by atoms with Crippen LogP contribution in [0.15, 0.2) is 12.3 Å². The zero-order chi connectivity index (χ0) is 9.26. The zero-order valence-electron chi connectivity index (χ0n) is 7.80. The second kappa shape index (κ2) is 3.51. The second-order valence-electron chi connectivity index (χ2n) is 3.42. The molecule has 1 atom stereocenters. The summed E-state index contributed by atoms with van der Waals surface area (Å²) in [6.45, 7) is 4.79. The lowest BCUT2D eigenvalue weighted by molar-refractivity contribution is -0.183. The third-order valence-corrected chi connectivity index (χ3v) is 2.11. The van der Waals surface area contributed by atoms with Crippen LogP contribution in [0.3, 0.4) is 0 Å². The molecule has 2 heterocycles. The molecule has 1 aliphatic heterocycles. The number of rotatable bonds is 2. The average Bonchev–Trinajstić information content (AvgIpc) is 2.74. The Bertz CT molecular complexity index is 281. The van der Waals surface area contributed by atoms with Crippen LogP contribution in [0.2, 0.25) is 0 Å². The van der Waals surface area contributed by atoms with Crippen LogP contribution in [-0.2, 0) is 9.69 Å². The molecule has 0 N–H and O–H groups in total. The molecule has 1 saturated heterocycles. The molecule has 0 aromatic carbocycles. The molecule has 2 rings (SSSR count). The van der Waals surface area contributed by atoms with E-state index in [-0.39, 0.29) is 5.82 Å². The maximum atomic E-state index is 4.82. The van der Waals surface area contributed by atoms with Crippen molar-refractivity contribution in [3.8, 4) is 0 Å². The molecule has 0 spiro atoms. The maximum Gasteiger partial charge on any atom is 0.356 e.